The quantitative estimate of drug-likeness (QED) is 0.262. The highest BCUT2D eigenvalue weighted by atomic mass is 19.3. The van der Waals surface area contributed by atoms with Crippen LogP contribution in [-0.4, -0.2) is 45.2 Å². The second-order valence-electron chi connectivity index (χ2n) is 7.15. The lowest BCUT2D eigenvalue weighted by molar-refractivity contribution is -0.0494. The molecule has 5 N–H and O–H groups in total. The van der Waals surface area contributed by atoms with Crippen LogP contribution in [0.15, 0.2) is 53.9 Å². The van der Waals surface area contributed by atoms with Gasteiger partial charge in [-0.15, -0.1) is 5.10 Å². The van der Waals surface area contributed by atoms with E-state index in [2.05, 4.69) is 15.6 Å². The van der Waals surface area contributed by atoms with Gasteiger partial charge >= 0.3 is 0 Å². The van der Waals surface area contributed by atoms with E-state index in [1.165, 1.54) is 11.1 Å². The summed E-state index contributed by atoms with van der Waals surface area (Å²) in [5.41, 5.74) is 10.6. The summed E-state index contributed by atoms with van der Waals surface area (Å²) in [6, 6.07) is 10.9. The van der Waals surface area contributed by atoms with Gasteiger partial charge in [0.25, 0.3) is 11.8 Å². The minimum Gasteiger partial charge on any atom is -0.382 e. The number of benzene rings is 1. The topological polar surface area (TPSA) is 115 Å². The number of hydrogen-bond acceptors (Lipinski definition) is 5. The van der Waals surface area contributed by atoms with Gasteiger partial charge in [0.15, 0.2) is 5.84 Å². The molecule has 3 aromatic rings. The zero-order chi connectivity index (χ0) is 21.3. The lowest BCUT2D eigenvalue weighted by atomic mass is 10.1. The van der Waals surface area contributed by atoms with Crippen LogP contribution < -0.4 is 17.1 Å². The Hall–Kier alpha value is -3.53. The van der Waals surface area contributed by atoms with Crippen LogP contribution in [0.2, 0.25) is 0 Å². The number of aromatic nitrogens is 2. The molecule has 1 amide bonds. The van der Waals surface area contributed by atoms with E-state index in [1.54, 1.807) is 12.1 Å². The van der Waals surface area contributed by atoms with Gasteiger partial charge < -0.3 is 15.2 Å². The first kappa shape index (κ1) is 19.8. The molecule has 1 saturated heterocycles. The van der Waals surface area contributed by atoms with Crippen LogP contribution in [0.4, 0.5) is 8.78 Å². The first-order valence-electron chi connectivity index (χ1n) is 9.42. The minimum absolute atomic E-state index is 0.0400. The molecule has 0 unspecified atom stereocenters. The van der Waals surface area contributed by atoms with Crippen LogP contribution in [0, 0.1) is 0 Å². The molecule has 0 spiro atoms. The Kier molecular flexibility index (Phi) is 5.08. The largest absolute Gasteiger partial charge is 0.382 e. The van der Waals surface area contributed by atoms with E-state index >= 15 is 0 Å². The van der Waals surface area contributed by atoms with Gasteiger partial charge in [-0.25, -0.2) is 25.1 Å². The van der Waals surface area contributed by atoms with Gasteiger partial charge in [0.2, 0.25) is 0 Å². The average Bonchev–Trinajstić information content (AvgIpc) is 3.17. The highest BCUT2D eigenvalue weighted by Crippen LogP contribution is 2.29. The van der Waals surface area contributed by atoms with Crippen molar-refractivity contribution in [3.63, 3.8) is 0 Å². The van der Waals surface area contributed by atoms with Crippen molar-refractivity contribution < 1.29 is 13.6 Å². The molecule has 10 heteroatoms. The number of carbonyl (C=O) groups excluding carboxylic acids is 1. The highest BCUT2D eigenvalue weighted by molar-refractivity contribution is 5.98. The van der Waals surface area contributed by atoms with Crippen molar-refractivity contribution >= 4 is 22.8 Å². The highest BCUT2D eigenvalue weighted by Gasteiger charge is 2.35. The van der Waals surface area contributed by atoms with Crippen molar-refractivity contribution in [2.75, 3.05) is 13.1 Å². The molecule has 0 saturated carbocycles. The summed E-state index contributed by atoms with van der Waals surface area (Å²) < 4.78 is 28.6. The van der Waals surface area contributed by atoms with Crippen molar-refractivity contribution in [1.29, 1.82) is 0 Å². The Labute approximate surface area is 171 Å². The van der Waals surface area contributed by atoms with E-state index < -0.39 is 5.92 Å². The lowest BCUT2D eigenvalue weighted by Gasteiger charge is -2.31. The average molecular weight is 413 g/mol. The Morgan fingerprint density at radius 1 is 1.17 bits per heavy atom. The second-order valence-corrected chi connectivity index (χ2v) is 7.15. The number of rotatable bonds is 4. The summed E-state index contributed by atoms with van der Waals surface area (Å²) in [6.45, 7) is 0.0800. The van der Waals surface area contributed by atoms with E-state index in [0.29, 0.717) is 16.8 Å². The van der Waals surface area contributed by atoms with Crippen LogP contribution in [0.1, 0.15) is 28.8 Å². The van der Waals surface area contributed by atoms with Crippen LogP contribution in [0.3, 0.4) is 0 Å². The molecule has 4 rings (SSSR count). The number of halogens is 2. The predicted molar refractivity (Wildman–Crippen MR) is 109 cm³/mol. The summed E-state index contributed by atoms with van der Waals surface area (Å²) in [4.78, 5) is 18.6. The van der Waals surface area contributed by atoms with Gasteiger partial charge in [-0.3, -0.25) is 4.79 Å². The Bertz CT molecular complexity index is 1120. The van der Waals surface area contributed by atoms with Crippen LogP contribution in [-0.2, 0) is 0 Å². The number of amidine groups is 1. The van der Waals surface area contributed by atoms with E-state index in [-0.39, 0.29) is 37.7 Å². The fourth-order valence-electron chi connectivity index (χ4n) is 3.52. The zero-order valence-electron chi connectivity index (χ0n) is 16.1. The van der Waals surface area contributed by atoms with E-state index in [1.807, 2.05) is 35.0 Å². The number of pyridine rings is 1. The van der Waals surface area contributed by atoms with Crippen molar-refractivity contribution in [2.45, 2.75) is 18.8 Å². The lowest BCUT2D eigenvalue weighted by Crippen LogP contribution is -2.42. The van der Waals surface area contributed by atoms with Gasteiger partial charge in [-0.2, -0.15) is 0 Å². The standard InChI is InChI=1S/C20H21F2N7O/c21-20(22)5-8-28(9-6-20)19(30)15-10-14-4-7-29(18(14)25-12-15)16-3-1-2-13(11-16)17(23)26-27-24/h1-4,7,10-12,27H,5-6,8-9,24H2,(H2,23,26). The molecule has 0 bridgehead atoms. The molecule has 1 aliphatic rings. The number of nitrogens with two attached hydrogens (primary N) is 2. The van der Waals surface area contributed by atoms with E-state index in [9.17, 15) is 13.6 Å². The van der Waals surface area contributed by atoms with Crippen LogP contribution in [0.25, 0.3) is 16.7 Å². The number of piperidine rings is 1. The van der Waals surface area contributed by atoms with Crippen molar-refractivity contribution in [1.82, 2.24) is 20.0 Å². The zero-order valence-corrected chi connectivity index (χ0v) is 16.1. The molecule has 1 aliphatic heterocycles. The first-order valence-corrected chi connectivity index (χ1v) is 9.42. The number of hydrazone groups is 1. The number of fused-ring (bicyclic) bond motifs is 1. The monoisotopic (exact) mass is 413 g/mol. The molecular formula is C20H21F2N7O. The number of alkyl halides is 2. The predicted octanol–water partition coefficient (Wildman–Crippen LogP) is 1.98. The number of nitrogens with one attached hydrogen (secondary N) is 1. The minimum atomic E-state index is -2.70. The molecule has 3 heterocycles. The summed E-state index contributed by atoms with van der Waals surface area (Å²) in [7, 11) is 0. The summed E-state index contributed by atoms with van der Waals surface area (Å²) >= 11 is 0. The molecule has 30 heavy (non-hydrogen) atoms. The molecule has 1 aromatic carbocycles. The number of hydrogen-bond donors (Lipinski definition) is 3. The molecule has 8 nitrogen and oxygen atoms in total. The van der Waals surface area contributed by atoms with Crippen molar-refractivity contribution in [3.8, 4) is 5.69 Å². The fraction of sp³-hybridized carbons (Fsp3) is 0.250. The third kappa shape index (κ3) is 3.81. The van der Waals surface area contributed by atoms with Gasteiger partial charge in [0.1, 0.15) is 5.65 Å². The molecule has 1 fully saturated rings. The normalized spacial score (nSPS) is 16.6. The van der Waals surface area contributed by atoms with Gasteiger partial charge in [0.05, 0.1) is 5.56 Å². The molecule has 156 valence electrons. The smallest absolute Gasteiger partial charge is 0.255 e. The third-order valence-corrected chi connectivity index (χ3v) is 5.16. The van der Waals surface area contributed by atoms with E-state index in [4.69, 9.17) is 11.6 Å². The third-order valence-electron chi connectivity index (χ3n) is 5.16. The summed E-state index contributed by atoms with van der Waals surface area (Å²) in [6.07, 6.45) is 2.69. The molecule has 0 aliphatic carbocycles. The Morgan fingerprint density at radius 3 is 2.67 bits per heavy atom. The Morgan fingerprint density at radius 2 is 1.93 bits per heavy atom. The maximum Gasteiger partial charge on any atom is 0.255 e. The van der Waals surface area contributed by atoms with Crippen molar-refractivity contribution in [3.05, 3.63) is 59.9 Å². The number of amides is 1. The fourth-order valence-corrected chi connectivity index (χ4v) is 3.52. The number of hydrazine groups is 1. The SMILES string of the molecule is NN/N=C(\N)c1cccc(-n2ccc3cc(C(=O)N4CCC(F)(F)CC4)cnc32)c1. The molecule has 2 aromatic heterocycles. The van der Waals surface area contributed by atoms with Crippen LogP contribution in [0.5, 0.6) is 0 Å². The summed E-state index contributed by atoms with van der Waals surface area (Å²) in [5.74, 6) is 2.44. The molecule has 0 radical (unpaired) electrons. The number of carbonyl (C=O) groups is 1. The number of likely N-dealkylation sites (tertiary alicyclic amines) is 1. The van der Waals surface area contributed by atoms with Crippen molar-refractivity contribution in [2.24, 2.45) is 16.7 Å². The van der Waals surface area contributed by atoms with E-state index in [0.717, 1.165) is 11.1 Å². The first-order chi connectivity index (χ1) is 14.4. The Balaban J connectivity index is 1.61. The second kappa shape index (κ2) is 7.71. The van der Waals surface area contributed by atoms with Gasteiger partial charge in [0, 0.05) is 55.0 Å². The maximum atomic E-state index is 13.4. The van der Waals surface area contributed by atoms with Gasteiger partial charge in [-0.1, -0.05) is 12.1 Å². The molecule has 0 atom stereocenters. The molecular weight excluding hydrogens is 392 g/mol. The maximum absolute atomic E-state index is 13.4. The summed E-state index contributed by atoms with van der Waals surface area (Å²) in [5, 5.41) is 4.54. The van der Waals surface area contributed by atoms with Gasteiger partial charge in [-0.05, 0) is 24.3 Å². The van der Waals surface area contributed by atoms with Crippen LogP contribution >= 0.6 is 0 Å². The number of nitrogens with zero attached hydrogens (tertiary/aromatic N) is 4.